The summed E-state index contributed by atoms with van der Waals surface area (Å²) in [5, 5.41) is 6.75. The first-order valence-corrected chi connectivity index (χ1v) is 6.04. The first-order chi connectivity index (χ1) is 8.80. The molecular weight excluding hydrogens is 228 g/mol. The van der Waals surface area contributed by atoms with E-state index in [-0.39, 0.29) is 0 Å². The Labute approximate surface area is 106 Å². The number of hydrogen-bond acceptors (Lipinski definition) is 3. The van der Waals surface area contributed by atoms with Gasteiger partial charge in [-0.2, -0.15) is 5.10 Å². The quantitative estimate of drug-likeness (QED) is 0.823. The number of nitrogens with zero attached hydrogens (tertiary/aromatic N) is 1. The van der Waals surface area contributed by atoms with Crippen LogP contribution in [0.2, 0.25) is 0 Å². The van der Waals surface area contributed by atoms with E-state index in [1.807, 2.05) is 25.1 Å². The van der Waals surface area contributed by atoms with Gasteiger partial charge in [0.1, 0.15) is 5.75 Å². The van der Waals surface area contributed by atoms with Gasteiger partial charge < -0.3 is 4.74 Å². The third-order valence-electron chi connectivity index (χ3n) is 2.83. The van der Waals surface area contributed by atoms with Gasteiger partial charge in [-0.15, -0.1) is 0 Å². The monoisotopic (exact) mass is 244 g/mol. The summed E-state index contributed by atoms with van der Waals surface area (Å²) in [6, 6.07) is 5.91. The van der Waals surface area contributed by atoms with Crippen LogP contribution in [0.5, 0.6) is 5.75 Å². The van der Waals surface area contributed by atoms with Gasteiger partial charge in [-0.05, 0) is 37.1 Å². The third kappa shape index (κ3) is 2.27. The zero-order valence-corrected chi connectivity index (χ0v) is 10.6. The van der Waals surface area contributed by atoms with Crippen molar-refractivity contribution in [1.82, 2.24) is 10.2 Å². The summed E-state index contributed by atoms with van der Waals surface area (Å²) in [6.45, 7) is 4.69. The maximum Gasteiger partial charge on any atom is 0.153 e. The molecule has 0 saturated carbocycles. The average Bonchev–Trinajstić information content (AvgIpc) is 2.88. The second kappa shape index (κ2) is 5.49. The number of aromatic amines is 1. The molecule has 0 aliphatic rings. The van der Waals surface area contributed by atoms with Crippen molar-refractivity contribution in [2.75, 3.05) is 6.61 Å². The second-order valence-electron chi connectivity index (χ2n) is 3.93. The highest BCUT2D eigenvalue weighted by atomic mass is 16.5. The van der Waals surface area contributed by atoms with Gasteiger partial charge in [-0.3, -0.25) is 9.89 Å². The maximum atomic E-state index is 10.9. The molecule has 1 aromatic carbocycles. The minimum Gasteiger partial charge on any atom is -0.494 e. The molecule has 4 heteroatoms. The van der Waals surface area contributed by atoms with Crippen molar-refractivity contribution in [2.45, 2.75) is 20.3 Å². The first-order valence-electron chi connectivity index (χ1n) is 6.04. The van der Waals surface area contributed by atoms with Crippen molar-refractivity contribution in [3.05, 3.63) is 35.5 Å². The Balaban J connectivity index is 2.44. The molecule has 18 heavy (non-hydrogen) atoms. The molecule has 0 fully saturated rings. The van der Waals surface area contributed by atoms with Crippen LogP contribution in [0, 0.1) is 0 Å². The van der Waals surface area contributed by atoms with E-state index in [1.54, 1.807) is 0 Å². The summed E-state index contributed by atoms with van der Waals surface area (Å²) in [7, 11) is 0. The lowest BCUT2D eigenvalue weighted by Crippen LogP contribution is -1.96. The third-order valence-corrected chi connectivity index (χ3v) is 2.83. The van der Waals surface area contributed by atoms with Crippen LogP contribution in [0.3, 0.4) is 0 Å². The van der Waals surface area contributed by atoms with Crippen molar-refractivity contribution in [3.8, 4) is 17.0 Å². The second-order valence-corrected chi connectivity index (χ2v) is 3.93. The van der Waals surface area contributed by atoms with Crippen molar-refractivity contribution < 1.29 is 9.53 Å². The number of H-pyrrole nitrogens is 1. The highest BCUT2D eigenvalue weighted by Gasteiger charge is 2.09. The summed E-state index contributed by atoms with van der Waals surface area (Å²) >= 11 is 0. The molecule has 4 nitrogen and oxygen atoms in total. The number of rotatable bonds is 5. The van der Waals surface area contributed by atoms with Crippen LogP contribution < -0.4 is 4.74 Å². The molecule has 0 atom stereocenters. The van der Waals surface area contributed by atoms with E-state index in [0.717, 1.165) is 35.3 Å². The van der Waals surface area contributed by atoms with Crippen LogP contribution in [0.1, 0.15) is 29.8 Å². The molecule has 1 heterocycles. The molecule has 0 aliphatic carbocycles. The van der Waals surface area contributed by atoms with Gasteiger partial charge in [0.05, 0.1) is 24.1 Å². The lowest BCUT2D eigenvalue weighted by Gasteiger charge is -2.10. The fourth-order valence-electron chi connectivity index (χ4n) is 1.92. The molecule has 0 spiro atoms. The molecule has 0 radical (unpaired) electrons. The smallest absolute Gasteiger partial charge is 0.153 e. The van der Waals surface area contributed by atoms with E-state index in [9.17, 15) is 4.79 Å². The number of aldehydes is 1. The molecule has 2 rings (SSSR count). The summed E-state index contributed by atoms with van der Waals surface area (Å²) in [5.41, 5.74) is 3.40. The van der Waals surface area contributed by atoms with Gasteiger partial charge >= 0.3 is 0 Å². The Hall–Kier alpha value is -2.10. The number of ether oxygens (including phenoxy) is 1. The fraction of sp³-hybridized carbons (Fsp3) is 0.286. The highest BCUT2D eigenvalue weighted by molar-refractivity contribution is 5.85. The summed E-state index contributed by atoms with van der Waals surface area (Å²) < 4.78 is 5.56. The maximum absolute atomic E-state index is 10.9. The molecule has 1 aromatic heterocycles. The normalized spacial score (nSPS) is 10.3. The Morgan fingerprint density at radius 3 is 2.89 bits per heavy atom. The SMILES string of the molecule is CCOc1ccc(-c2[nH]ncc2C=O)cc1CC. The van der Waals surface area contributed by atoms with Crippen LogP contribution >= 0.6 is 0 Å². The molecule has 94 valence electrons. The predicted octanol–water partition coefficient (Wildman–Crippen LogP) is 2.85. The van der Waals surface area contributed by atoms with Crippen molar-refractivity contribution in [1.29, 1.82) is 0 Å². The van der Waals surface area contributed by atoms with E-state index in [2.05, 4.69) is 17.1 Å². The number of aryl methyl sites for hydroxylation is 1. The summed E-state index contributed by atoms with van der Waals surface area (Å²) in [5.74, 6) is 0.899. The zero-order chi connectivity index (χ0) is 13.0. The standard InChI is InChI=1S/C14H16N2O2/c1-3-10-7-11(5-6-13(10)18-4-2)14-12(9-17)8-15-16-14/h5-9H,3-4H2,1-2H3,(H,15,16). The minimum absolute atomic E-state index is 0.571. The summed E-state index contributed by atoms with van der Waals surface area (Å²) in [4.78, 5) is 10.9. The zero-order valence-electron chi connectivity index (χ0n) is 10.6. The van der Waals surface area contributed by atoms with E-state index in [0.29, 0.717) is 12.2 Å². The highest BCUT2D eigenvalue weighted by Crippen LogP contribution is 2.27. The number of benzene rings is 1. The molecule has 2 aromatic rings. The van der Waals surface area contributed by atoms with E-state index in [4.69, 9.17) is 4.74 Å². The lowest BCUT2D eigenvalue weighted by molar-refractivity contribution is 0.112. The van der Waals surface area contributed by atoms with Gasteiger partial charge in [0.15, 0.2) is 6.29 Å². The van der Waals surface area contributed by atoms with Crippen LogP contribution in [0.15, 0.2) is 24.4 Å². The van der Waals surface area contributed by atoms with Crippen LogP contribution in [0.4, 0.5) is 0 Å². The number of nitrogens with one attached hydrogen (secondary N) is 1. The van der Waals surface area contributed by atoms with Gasteiger partial charge in [0, 0.05) is 5.56 Å². The molecule has 0 amide bonds. The minimum atomic E-state index is 0.571. The number of aromatic nitrogens is 2. The summed E-state index contributed by atoms with van der Waals surface area (Å²) in [6.07, 6.45) is 3.22. The molecule has 0 saturated heterocycles. The predicted molar refractivity (Wildman–Crippen MR) is 70.0 cm³/mol. The van der Waals surface area contributed by atoms with Crippen molar-refractivity contribution in [3.63, 3.8) is 0 Å². The lowest BCUT2D eigenvalue weighted by atomic mass is 10.0. The van der Waals surface area contributed by atoms with Crippen molar-refractivity contribution in [2.24, 2.45) is 0 Å². The van der Waals surface area contributed by atoms with Gasteiger partial charge in [-0.25, -0.2) is 0 Å². The molecule has 0 aliphatic heterocycles. The van der Waals surface area contributed by atoms with Crippen molar-refractivity contribution >= 4 is 6.29 Å². The van der Waals surface area contributed by atoms with Gasteiger partial charge in [0.2, 0.25) is 0 Å². The number of carbonyl (C=O) groups excluding carboxylic acids is 1. The number of hydrogen-bond donors (Lipinski definition) is 1. The van der Waals surface area contributed by atoms with Gasteiger partial charge in [-0.1, -0.05) is 6.92 Å². The Morgan fingerprint density at radius 1 is 1.39 bits per heavy atom. The Morgan fingerprint density at radius 2 is 2.22 bits per heavy atom. The van der Waals surface area contributed by atoms with E-state index < -0.39 is 0 Å². The molecular formula is C14H16N2O2. The van der Waals surface area contributed by atoms with E-state index >= 15 is 0 Å². The largest absolute Gasteiger partial charge is 0.494 e. The molecule has 1 N–H and O–H groups in total. The Kier molecular flexibility index (Phi) is 3.77. The molecule has 0 bridgehead atoms. The van der Waals surface area contributed by atoms with Crippen LogP contribution in [-0.2, 0) is 6.42 Å². The van der Waals surface area contributed by atoms with E-state index in [1.165, 1.54) is 6.20 Å². The van der Waals surface area contributed by atoms with Crippen LogP contribution in [-0.4, -0.2) is 23.1 Å². The molecule has 0 unspecified atom stereocenters. The fourth-order valence-corrected chi connectivity index (χ4v) is 1.92. The topological polar surface area (TPSA) is 55.0 Å². The van der Waals surface area contributed by atoms with Gasteiger partial charge in [0.25, 0.3) is 0 Å². The first kappa shape index (κ1) is 12.4. The average molecular weight is 244 g/mol. The number of carbonyl (C=O) groups is 1. The van der Waals surface area contributed by atoms with Crippen LogP contribution in [0.25, 0.3) is 11.3 Å². The Bertz CT molecular complexity index is 546.